The topological polar surface area (TPSA) is 115 Å². The zero-order valence-electron chi connectivity index (χ0n) is 13.8. The molecule has 9 heteroatoms. The van der Waals surface area contributed by atoms with Gasteiger partial charge in [-0.15, -0.1) is 5.10 Å². The summed E-state index contributed by atoms with van der Waals surface area (Å²) in [6.07, 6.45) is 1.73. The van der Waals surface area contributed by atoms with Gasteiger partial charge < -0.3 is 16.2 Å². The Bertz CT molecular complexity index is 889. The standard InChI is InChI=1S/C15H20ClN5O3/c1-15(2,3)6-20-12-9(16)10(17)19-21(12)14(24)8(13(20)23)11(22)18-7-4-5-7/h7,24H,4-6H2,1-3H3,(H2,17,19)(H,18,22). The lowest BCUT2D eigenvalue weighted by Crippen LogP contribution is -2.37. The van der Waals surface area contributed by atoms with E-state index < -0.39 is 17.3 Å². The number of fused-ring (bicyclic) bond motifs is 1. The van der Waals surface area contributed by atoms with Crippen LogP contribution < -0.4 is 16.6 Å². The van der Waals surface area contributed by atoms with E-state index in [9.17, 15) is 14.7 Å². The van der Waals surface area contributed by atoms with Crippen molar-refractivity contribution in [1.82, 2.24) is 19.5 Å². The number of nitrogens with one attached hydrogen (secondary N) is 1. The number of hydrogen-bond acceptors (Lipinski definition) is 5. The zero-order valence-corrected chi connectivity index (χ0v) is 14.5. The van der Waals surface area contributed by atoms with Crippen molar-refractivity contribution in [3.8, 4) is 5.88 Å². The van der Waals surface area contributed by atoms with Gasteiger partial charge in [-0.05, 0) is 18.3 Å². The van der Waals surface area contributed by atoms with Gasteiger partial charge in [-0.1, -0.05) is 32.4 Å². The molecule has 0 saturated heterocycles. The van der Waals surface area contributed by atoms with Crippen molar-refractivity contribution in [2.24, 2.45) is 5.41 Å². The van der Waals surface area contributed by atoms with E-state index in [4.69, 9.17) is 17.3 Å². The molecule has 0 unspecified atom stereocenters. The Morgan fingerprint density at radius 2 is 2.08 bits per heavy atom. The third kappa shape index (κ3) is 2.82. The highest BCUT2D eigenvalue weighted by Gasteiger charge is 2.31. The molecule has 1 aliphatic carbocycles. The van der Waals surface area contributed by atoms with Crippen LogP contribution in [0.3, 0.4) is 0 Å². The first-order valence-electron chi connectivity index (χ1n) is 7.70. The van der Waals surface area contributed by atoms with Crippen LogP contribution in [0.25, 0.3) is 5.65 Å². The summed E-state index contributed by atoms with van der Waals surface area (Å²) in [5, 5.41) is 17.1. The monoisotopic (exact) mass is 353 g/mol. The number of aromatic nitrogens is 3. The second-order valence-corrected chi connectivity index (χ2v) is 7.71. The molecule has 0 radical (unpaired) electrons. The second kappa shape index (κ2) is 5.41. The third-order valence-corrected chi connectivity index (χ3v) is 4.10. The van der Waals surface area contributed by atoms with Crippen molar-refractivity contribution < 1.29 is 9.90 Å². The number of carbonyl (C=O) groups excluding carboxylic acids is 1. The smallest absolute Gasteiger partial charge is 0.270 e. The fourth-order valence-electron chi connectivity index (χ4n) is 2.52. The summed E-state index contributed by atoms with van der Waals surface area (Å²) in [5.74, 6) is -1.19. The van der Waals surface area contributed by atoms with Crippen molar-refractivity contribution in [3.05, 3.63) is 20.9 Å². The van der Waals surface area contributed by atoms with Crippen LogP contribution in [0.2, 0.25) is 5.02 Å². The third-order valence-electron chi connectivity index (χ3n) is 3.74. The first kappa shape index (κ1) is 16.6. The molecule has 0 spiro atoms. The van der Waals surface area contributed by atoms with Crippen LogP contribution in [-0.2, 0) is 6.54 Å². The molecule has 2 aromatic rings. The number of nitrogen functional groups attached to an aromatic ring is 1. The Balaban J connectivity index is 2.29. The highest BCUT2D eigenvalue weighted by Crippen LogP contribution is 2.29. The molecule has 1 aliphatic rings. The molecule has 1 saturated carbocycles. The van der Waals surface area contributed by atoms with Crippen molar-refractivity contribution in [3.63, 3.8) is 0 Å². The molecule has 0 aliphatic heterocycles. The average molecular weight is 354 g/mol. The van der Waals surface area contributed by atoms with Crippen LogP contribution in [0.15, 0.2) is 4.79 Å². The van der Waals surface area contributed by atoms with Crippen LogP contribution in [0.1, 0.15) is 44.0 Å². The van der Waals surface area contributed by atoms with Crippen molar-refractivity contribution in [2.75, 3.05) is 5.73 Å². The number of amides is 1. The largest absolute Gasteiger partial charge is 0.492 e. The predicted molar refractivity (Wildman–Crippen MR) is 90.5 cm³/mol. The zero-order chi connectivity index (χ0) is 17.8. The summed E-state index contributed by atoms with van der Waals surface area (Å²) in [5.41, 5.74) is 4.67. The molecule has 8 nitrogen and oxygen atoms in total. The van der Waals surface area contributed by atoms with Crippen LogP contribution in [0, 0.1) is 5.41 Å². The molecule has 2 heterocycles. The average Bonchev–Trinajstić information content (AvgIpc) is 3.20. The molecule has 0 bridgehead atoms. The molecule has 4 N–H and O–H groups in total. The van der Waals surface area contributed by atoms with Gasteiger partial charge in [0.25, 0.3) is 11.5 Å². The van der Waals surface area contributed by atoms with Gasteiger partial charge in [0.15, 0.2) is 17.0 Å². The molecule has 3 rings (SSSR count). The van der Waals surface area contributed by atoms with Crippen molar-refractivity contribution >= 4 is 29.0 Å². The number of nitrogens with zero attached hydrogens (tertiary/aromatic N) is 3. The number of halogens is 1. The Morgan fingerprint density at radius 1 is 1.46 bits per heavy atom. The lowest BCUT2D eigenvalue weighted by Gasteiger charge is -2.21. The van der Waals surface area contributed by atoms with Crippen molar-refractivity contribution in [2.45, 2.75) is 46.2 Å². The van der Waals surface area contributed by atoms with Gasteiger partial charge in [0.2, 0.25) is 5.88 Å². The highest BCUT2D eigenvalue weighted by atomic mass is 35.5. The van der Waals surface area contributed by atoms with Gasteiger partial charge in [0, 0.05) is 12.6 Å². The van der Waals surface area contributed by atoms with Crippen molar-refractivity contribution in [1.29, 1.82) is 0 Å². The molecule has 2 aromatic heterocycles. The Labute approximate surface area is 143 Å². The molecule has 130 valence electrons. The van der Waals surface area contributed by atoms with Gasteiger partial charge in [-0.25, -0.2) is 0 Å². The molecular weight excluding hydrogens is 334 g/mol. The van der Waals surface area contributed by atoms with Gasteiger partial charge in [-0.2, -0.15) is 4.52 Å². The highest BCUT2D eigenvalue weighted by molar-refractivity contribution is 6.35. The first-order valence-corrected chi connectivity index (χ1v) is 8.08. The maximum atomic E-state index is 12.9. The summed E-state index contributed by atoms with van der Waals surface area (Å²) in [4.78, 5) is 25.3. The number of rotatable bonds is 3. The molecule has 0 atom stereocenters. The molecule has 1 fully saturated rings. The fourth-order valence-corrected chi connectivity index (χ4v) is 2.74. The summed E-state index contributed by atoms with van der Waals surface area (Å²) < 4.78 is 2.39. The van der Waals surface area contributed by atoms with Crippen LogP contribution in [0.4, 0.5) is 5.82 Å². The lowest BCUT2D eigenvalue weighted by molar-refractivity contribution is 0.0944. The quantitative estimate of drug-likeness (QED) is 0.771. The van der Waals surface area contributed by atoms with Gasteiger partial charge in [0.05, 0.1) is 0 Å². The van der Waals surface area contributed by atoms with Gasteiger partial charge in [0.1, 0.15) is 5.02 Å². The van der Waals surface area contributed by atoms with E-state index in [0.29, 0.717) is 0 Å². The van der Waals surface area contributed by atoms with E-state index >= 15 is 0 Å². The number of hydrogen-bond donors (Lipinski definition) is 3. The normalized spacial score (nSPS) is 15.0. The van der Waals surface area contributed by atoms with Gasteiger partial charge >= 0.3 is 0 Å². The second-order valence-electron chi connectivity index (χ2n) is 7.33. The molecule has 1 amide bonds. The minimum absolute atomic E-state index is 0.0197. The SMILES string of the molecule is CC(C)(C)Cn1c(=O)c(C(=O)NC2CC2)c(O)n2nc(N)c(Cl)c12. The van der Waals surface area contributed by atoms with E-state index in [1.54, 1.807) is 0 Å². The van der Waals surface area contributed by atoms with Crippen LogP contribution >= 0.6 is 11.6 Å². The molecule has 0 aromatic carbocycles. The number of nitrogens with two attached hydrogens (primary N) is 1. The summed E-state index contributed by atoms with van der Waals surface area (Å²) in [7, 11) is 0. The number of carbonyl (C=O) groups is 1. The molecular formula is C15H20ClN5O3. The Hall–Kier alpha value is -2.22. The maximum absolute atomic E-state index is 12.9. The van der Waals surface area contributed by atoms with E-state index in [2.05, 4.69) is 10.4 Å². The lowest BCUT2D eigenvalue weighted by atomic mass is 9.97. The number of anilines is 1. The summed E-state index contributed by atoms with van der Waals surface area (Å²) in [6.45, 7) is 6.12. The van der Waals surface area contributed by atoms with E-state index in [1.165, 1.54) is 4.57 Å². The Kier molecular flexibility index (Phi) is 3.75. The predicted octanol–water partition coefficient (Wildman–Crippen LogP) is 1.38. The maximum Gasteiger partial charge on any atom is 0.270 e. The minimum atomic E-state index is -0.616. The number of aromatic hydroxyl groups is 1. The summed E-state index contributed by atoms with van der Waals surface area (Å²) in [6, 6.07) is 0.0503. The van der Waals surface area contributed by atoms with E-state index in [-0.39, 0.29) is 40.1 Å². The fraction of sp³-hybridized carbons (Fsp3) is 0.533. The van der Waals surface area contributed by atoms with Gasteiger partial charge in [-0.3, -0.25) is 14.2 Å². The van der Waals surface area contributed by atoms with Crippen LogP contribution in [-0.4, -0.2) is 31.2 Å². The van der Waals surface area contributed by atoms with E-state index in [0.717, 1.165) is 17.4 Å². The van der Waals surface area contributed by atoms with E-state index in [1.807, 2.05) is 20.8 Å². The molecule has 24 heavy (non-hydrogen) atoms. The first-order chi connectivity index (χ1) is 11.1. The van der Waals surface area contributed by atoms with Crippen LogP contribution in [0.5, 0.6) is 5.88 Å². The minimum Gasteiger partial charge on any atom is -0.492 e. The summed E-state index contributed by atoms with van der Waals surface area (Å²) >= 11 is 6.17. The Morgan fingerprint density at radius 3 is 2.62 bits per heavy atom.